The number of rotatable bonds is 2. The van der Waals surface area contributed by atoms with Crippen LogP contribution >= 0.6 is 0 Å². The molecule has 35 heavy (non-hydrogen) atoms. The highest BCUT2D eigenvalue weighted by Crippen LogP contribution is 2.45. The van der Waals surface area contributed by atoms with Crippen LogP contribution in [0.3, 0.4) is 0 Å². The number of halogens is 4. The van der Waals surface area contributed by atoms with Gasteiger partial charge in [0, 0.05) is 46.9 Å². The molecule has 2 aromatic heterocycles. The van der Waals surface area contributed by atoms with Crippen LogP contribution in [0.2, 0.25) is 0 Å². The first-order chi connectivity index (χ1) is 16.8. The molecule has 0 radical (unpaired) electrons. The first-order valence-corrected chi connectivity index (χ1v) is 11.4. The number of fused-ring (bicyclic) bond motifs is 4. The number of anilines is 2. The summed E-state index contributed by atoms with van der Waals surface area (Å²) in [6.07, 6.45) is -0.864. The summed E-state index contributed by atoms with van der Waals surface area (Å²) in [7, 11) is 0. The number of nitrogens with zero attached hydrogens (tertiary/aromatic N) is 3. The molecule has 180 valence electrons. The Bertz CT molecular complexity index is 1480. The summed E-state index contributed by atoms with van der Waals surface area (Å²) in [5.41, 5.74) is 12.0. The zero-order valence-corrected chi connectivity index (χ0v) is 18.6. The predicted octanol–water partition coefficient (Wildman–Crippen LogP) is 5.17. The zero-order chi connectivity index (χ0) is 24.3. The van der Waals surface area contributed by atoms with Crippen molar-refractivity contribution in [1.82, 2.24) is 15.2 Å². The summed E-state index contributed by atoms with van der Waals surface area (Å²) in [5, 5.41) is 11.6. The van der Waals surface area contributed by atoms with Crippen LogP contribution in [0.5, 0.6) is 0 Å². The number of nitrogens with one attached hydrogen (secondary N) is 2. The van der Waals surface area contributed by atoms with Gasteiger partial charge in [-0.2, -0.15) is 18.3 Å². The number of nitrogens with two attached hydrogens (primary N) is 1. The van der Waals surface area contributed by atoms with Gasteiger partial charge in [-0.25, -0.2) is 4.39 Å². The molecule has 2 aliphatic rings. The Morgan fingerprint density at radius 2 is 1.86 bits per heavy atom. The van der Waals surface area contributed by atoms with Gasteiger partial charge in [0.2, 0.25) is 0 Å². The molecule has 0 spiro atoms. The SMILES string of the molecule is NC1=C(c2ccc(F)c3[nH]ncc23)c2cc(N3CCC(C(F)(F)F)CC3)c3ncccc3c2NC1. The Balaban J connectivity index is 1.52. The summed E-state index contributed by atoms with van der Waals surface area (Å²) >= 11 is 0. The molecular formula is C25H22F4N6. The van der Waals surface area contributed by atoms with Gasteiger partial charge in [0.25, 0.3) is 0 Å². The van der Waals surface area contributed by atoms with Gasteiger partial charge in [0.1, 0.15) is 11.3 Å². The van der Waals surface area contributed by atoms with Crippen LogP contribution in [0, 0.1) is 11.7 Å². The lowest BCUT2D eigenvalue weighted by Gasteiger charge is -2.36. The molecule has 2 aliphatic heterocycles. The lowest BCUT2D eigenvalue weighted by Crippen LogP contribution is -2.39. The number of aromatic amines is 1. The standard InChI is InChI=1S/C25H22F4N6/c26-18-4-3-14(17-11-33-34-23(17)18)21-16-10-20(35-8-5-13(6-9-35)25(27,28)29)24-15(2-1-7-31-24)22(16)32-12-19(21)30/h1-4,7,10-11,13,32H,5-6,8-9,12,30H2,(H,33,34). The lowest BCUT2D eigenvalue weighted by molar-refractivity contribution is -0.179. The molecule has 0 saturated carbocycles. The van der Waals surface area contributed by atoms with Crippen LogP contribution in [0.4, 0.5) is 28.9 Å². The summed E-state index contributed by atoms with van der Waals surface area (Å²) in [4.78, 5) is 6.56. The molecule has 0 unspecified atom stereocenters. The second-order valence-corrected chi connectivity index (χ2v) is 9.03. The quantitative estimate of drug-likeness (QED) is 0.343. The molecule has 4 heterocycles. The van der Waals surface area contributed by atoms with Gasteiger partial charge in [-0.3, -0.25) is 10.1 Å². The minimum Gasteiger partial charge on any atom is -0.400 e. The number of hydrogen-bond donors (Lipinski definition) is 3. The van der Waals surface area contributed by atoms with Gasteiger partial charge in [-0.1, -0.05) is 6.07 Å². The molecule has 2 aromatic carbocycles. The van der Waals surface area contributed by atoms with E-state index in [0.29, 0.717) is 23.1 Å². The largest absolute Gasteiger partial charge is 0.400 e. The second-order valence-electron chi connectivity index (χ2n) is 9.03. The topological polar surface area (TPSA) is 82.9 Å². The fourth-order valence-electron chi connectivity index (χ4n) is 5.29. The number of benzene rings is 2. The second kappa shape index (κ2) is 7.86. The van der Waals surface area contributed by atoms with E-state index in [1.807, 2.05) is 23.1 Å². The van der Waals surface area contributed by atoms with E-state index < -0.39 is 17.9 Å². The third-order valence-corrected chi connectivity index (χ3v) is 7.05. The molecule has 10 heteroatoms. The smallest absolute Gasteiger partial charge is 0.391 e. The van der Waals surface area contributed by atoms with Gasteiger partial charge in [-0.15, -0.1) is 0 Å². The molecular weight excluding hydrogens is 460 g/mol. The Hall–Kier alpha value is -3.82. The minimum atomic E-state index is -4.19. The van der Waals surface area contributed by atoms with E-state index in [1.165, 1.54) is 6.07 Å². The summed E-state index contributed by atoms with van der Waals surface area (Å²) in [6.45, 7) is 0.942. The van der Waals surface area contributed by atoms with Crippen molar-refractivity contribution in [3.05, 3.63) is 65.4 Å². The van der Waals surface area contributed by atoms with Crippen molar-refractivity contribution in [3.8, 4) is 0 Å². The molecule has 0 bridgehead atoms. The molecule has 0 atom stereocenters. The summed E-state index contributed by atoms with van der Waals surface area (Å²) in [6, 6.07) is 8.78. The van der Waals surface area contributed by atoms with Crippen molar-refractivity contribution >= 4 is 38.8 Å². The maximum atomic E-state index is 14.4. The van der Waals surface area contributed by atoms with E-state index in [0.717, 1.165) is 39.0 Å². The Labute approximate surface area is 197 Å². The molecule has 4 N–H and O–H groups in total. The van der Waals surface area contributed by atoms with Crippen molar-refractivity contribution in [2.75, 3.05) is 29.9 Å². The normalized spacial score (nSPS) is 17.2. The van der Waals surface area contributed by atoms with Crippen LogP contribution < -0.4 is 16.0 Å². The molecule has 6 rings (SSSR count). The molecule has 0 aliphatic carbocycles. The van der Waals surface area contributed by atoms with Gasteiger partial charge in [-0.05, 0) is 42.7 Å². The molecule has 6 nitrogen and oxygen atoms in total. The summed E-state index contributed by atoms with van der Waals surface area (Å²) < 4.78 is 54.2. The molecule has 4 aromatic rings. The van der Waals surface area contributed by atoms with Gasteiger partial charge < -0.3 is 16.0 Å². The summed E-state index contributed by atoms with van der Waals surface area (Å²) in [5.74, 6) is -1.71. The van der Waals surface area contributed by atoms with Crippen molar-refractivity contribution in [2.24, 2.45) is 11.7 Å². The van der Waals surface area contributed by atoms with Gasteiger partial charge in [0.15, 0.2) is 0 Å². The van der Waals surface area contributed by atoms with Crippen LogP contribution in [0.1, 0.15) is 24.0 Å². The maximum Gasteiger partial charge on any atom is 0.391 e. The van der Waals surface area contributed by atoms with Crippen molar-refractivity contribution in [3.63, 3.8) is 0 Å². The number of hydrogen-bond acceptors (Lipinski definition) is 5. The number of piperidine rings is 1. The lowest BCUT2D eigenvalue weighted by atomic mass is 9.88. The Kier molecular flexibility index (Phi) is 4.87. The highest BCUT2D eigenvalue weighted by atomic mass is 19.4. The van der Waals surface area contributed by atoms with Crippen LogP contribution in [0.15, 0.2) is 48.4 Å². The van der Waals surface area contributed by atoms with E-state index in [9.17, 15) is 17.6 Å². The first kappa shape index (κ1) is 21.7. The minimum absolute atomic E-state index is 0.0333. The van der Waals surface area contributed by atoms with Crippen molar-refractivity contribution in [2.45, 2.75) is 19.0 Å². The average molecular weight is 482 g/mol. The molecule has 1 saturated heterocycles. The van der Waals surface area contributed by atoms with Crippen molar-refractivity contribution in [1.29, 1.82) is 0 Å². The van der Waals surface area contributed by atoms with Crippen molar-refractivity contribution < 1.29 is 17.6 Å². The number of pyridine rings is 1. The van der Waals surface area contributed by atoms with E-state index in [1.54, 1.807) is 18.5 Å². The predicted molar refractivity (Wildman–Crippen MR) is 127 cm³/mol. The van der Waals surface area contributed by atoms with E-state index in [2.05, 4.69) is 20.5 Å². The Morgan fingerprint density at radius 1 is 1.06 bits per heavy atom. The number of alkyl halides is 3. The number of H-pyrrole nitrogens is 1. The fraction of sp³-hybridized carbons (Fsp3) is 0.280. The molecule has 1 fully saturated rings. The fourth-order valence-corrected chi connectivity index (χ4v) is 5.29. The van der Waals surface area contributed by atoms with Crippen LogP contribution in [-0.2, 0) is 0 Å². The van der Waals surface area contributed by atoms with E-state index in [-0.39, 0.29) is 25.9 Å². The highest BCUT2D eigenvalue weighted by Gasteiger charge is 2.41. The first-order valence-electron chi connectivity index (χ1n) is 11.4. The van der Waals surface area contributed by atoms with Crippen LogP contribution in [0.25, 0.3) is 27.4 Å². The van der Waals surface area contributed by atoms with Crippen LogP contribution in [-0.4, -0.2) is 41.0 Å². The monoisotopic (exact) mass is 482 g/mol. The Morgan fingerprint density at radius 3 is 2.63 bits per heavy atom. The zero-order valence-electron chi connectivity index (χ0n) is 18.6. The van der Waals surface area contributed by atoms with E-state index >= 15 is 0 Å². The third-order valence-electron chi connectivity index (χ3n) is 7.05. The van der Waals surface area contributed by atoms with Gasteiger partial charge in [0.05, 0.1) is 35.6 Å². The maximum absolute atomic E-state index is 14.4. The average Bonchev–Trinajstić information content (AvgIpc) is 3.35. The van der Waals surface area contributed by atoms with Gasteiger partial charge >= 0.3 is 6.18 Å². The molecule has 0 amide bonds. The number of aromatic nitrogens is 3. The van der Waals surface area contributed by atoms with E-state index in [4.69, 9.17) is 5.73 Å². The third kappa shape index (κ3) is 3.46. The highest BCUT2D eigenvalue weighted by molar-refractivity contribution is 6.09.